The van der Waals surface area contributed by atoms with Crippen LogP contribution in [0.5, 0.6) is 0 Å². The predicted octanol–water partition coefficient (Wildman–Crippen LogP) is 4.66. The molecule has 0 heterocycles. The van der Waals surface area contributed by atoms with Crippen molar-refractivity contribution < 1.29 is 4.79 Å². The van der Waals surface area contributed by atoms with Gasteiger partial charge in [0, 0.05) is 21.2 Å². The van der Waals surface area contributed by atoms with E-state index >= 15 is 0 Å². The summed E-state index contributed by atoms with van der Waals surface area (Å²) >= 11 is 13.0. The first-order valence-corrected chi connectivity index (χ1v) is 7.33. The first-order chi connectivity index (χ1) is 7.95. The van der Waals surface area contributed by atoms with Crippen molar-refractivity contribution in [2.24, 2.45) is 5.41 Å². The van der Waals surface area contributed by atoms with Crippen LogP contribution >= 0.6 is 35.0 Å². The number of benzene rings is 1. The van der Waals surface area contributed by atoms with Gasteiger partial charge in [0.1, 0.15) is 5.78 Å². The molecule has 0 atom stereocenters. The van der Waals surface area contributed by atoms with Crippen LogP contribution in [0.15, 0.2) is 29.2 Å². The Labute approximate surface area is 117 Å². The monoisotopic (exact) mass is 290 g/mol. The molecule has 17 heavy (non-hydrogen) atoms. The van der Waals surface area contributed by atoms with Crippen molar-refractivity contribution in [3.63, 3.8) is 0 Å². The predicted molar refractivity (Wildman–Crippen MR) is 76.3 cm³/mol. The normalized spacial score (nSPS) is 11.5. The van der Waals surface area contributed by atoms with E-state index in [-0.39, 0.29) is 11.2 Å². The second-order valence-corrected chi connectivity index (χ2v) is 6.35. The maximum absolute atomic E-state index is 12.0. The van der Waals surface area contributed by atoms with Crippen molar-refractivity contribution in [2.45, 2.75) is 25.2 Å². The fraction of sp³-hybridized carbons (Fsp3) is 0.462. The van der Waals surface area contributed by atoms with Gasteiger partial charge in [0.2, 0.25) is 0 Å². The quantitative estimate of drug-likeness (QED) is 0.560. The van der Waals surface area contributed by atoms with Gasteiger partial charge >= 0.3 is 0 Å². The molecule has 0 aliphatic carbocycles. The van der Waals surface area contributed by atoms with Crippen LogP contribution in [0, 0.1) is 5.41 Å². The molecule has 0 aliphatic rings. The van der Waals surface area contributed by atoms with E-state index in [4.69, 9.17) is 23.2 Å². The van der Waals surface area contributed by atoms with Crippen LogP contribution in [-0.4, -0.2) is 17.4 Å². The van der Waals surface area contributed by atoms with Crippen LogP contribution in [0.2, 0.25) is 5.02 Å². The number of Topliss-reactive ketones (excluding diaryl/α,β-unsaturated/α-hetero) is 1. The lowest BCUT2D eigenvalue weighted by atomic mass is 9.86. The molecule has 1 rings (SSSR count). The first kappa shape index (κ1) is 14.9. The van der Waals surface area contributed by atoms with Crippen molar-refractivity contribution in [1.82, 2.24) is 0 Å². The average Bonchev–Trinajstić information content (AvgIpc) is 2.27. The highest BCUT2D eigenvalue weighted by Gasteiger charge is 2.26. The lowest BCUT2D eigenvalue weighted by molar-refractivity contribution is -0.124. The number of alkyl halides is 1. The van der Waals surface area contributed by atoms with Gasteiger partial charge in [-0.2, -0.15) is 0 Å². The molecule has 0 amide bonds. The summed E-state index contributed by atoms with van der Waals surface area (Å²) in [4.78, 5) is 13.0. The molecule has 0 fully saturated rings. The zero-order valence-corrected chi connectivity index (χ0v) is 12.3. The minimum atomic E-state index is -0.332. The molecule has 1 aromatic carbocycles. The molecule has 0 spiro atoms. The third-order valence-electron chi connectivity index (χ3n) is 2.66. The fourth-order valence-corrected chi connectivity index (χ4v) is 2.87. The second-order valence-electron chi connectivity index (χ2n) is 4.49. The molecule has 0 saturated heterocycles. The number of hydrogen-bond acceptors (Lipinski definition) is 2. The lowest BCUT2D eigenvalue weighted by Gasteiger charge is -2.21. The Morgan fingerprint density at radius 3 is 2.41 bits per heavy atom. The summed E-state index contributed by atoms with van der Waals surface area (Å²) in [7, 11) is 0. The SMILES string of the molecule is CC(C)(CCCl)C(=O)CSc1ccc(Cl)cc1. The van der Waals surface area contributed by atoms with E-state index in [0.29, 0.717) is 23.1 Å². The zero-order chi connectivity index (χ0) is 12.9. The summed E-state index contributed by atoms with van der Waals surface area (Å²) < 4.78 is 0. The molecule has 4 heteroatoms. The summed E-state index contributed by atoms with van der Waals surface area (Å²) in [5.41, 5.74) is -0.332. The third-order valence-corrected chi connectivity index (χ3v) is 4.11. The van der Waals surface area contributed by atoms with Gasteiger partial charge in [0.15, 0.2) is 0 Å². The molecule has 0 bridgehead atoms. The lowest BCUT2D eigenvalue weighted by Crippen LogP contribution is -2.26. The number of carbonyl (C=O) groups is 1. The molecule has 1 nitrogen and oxygen atoms in total. The van der Waals surface area contributed by atoms with Crippen LogP contribution in [0.25, 0.3) is 0 Å². The Morgan fingerprint density at radius 2 is 1.88 bits per heavy atom. The third kappa shape index (κ3) is 4.90. The minimum absolute atomic E-state index is 0.234. The summed E-state index contributed by atoms with van der Waals surface area (Å²) in [6, 6.07) is 7.51. The van der Waals surface area contributed by atoms with Gasteiger partial charge in [-0.25, -0.2) is 0 Å². The van der Waals surface area contributed by atoms with Crippen LogP contribution in [-0.2, 0) is 4.79 Å². The van der Waals surface area contributed by atoms with Crippen molar-refractivity contribution in [1.29, 1.82) is 0 Å². The fourth-order valence-electron chi connectivity index (χ4n) is 1.25. The maximum Gasteiger partial charge on any atom is 0.148 e. The van der Waals surface area contributed by atoms with Gasteiger partial charge in [-0.15, -0.1) is 23.4 Å². The Morgan fingerprint density at radius 1 is 1.29 bits per heavy atom. The Bertz CT molecular complexity index is 374. The molecular formula is C13H16Cl2OS. The molecule has 0 aromatic heterocycles. The van der Waals surface area contributed by atoms with Crippen LogP contribution in [0.1, 0.15) is 20.3 Å². The molecular weight excluding hydrogens is 275 g/mol. The van der Waals surface area contributed by atoms with Gasteiger partial charge in [-0.05, 0) is 30.7 Å². The molecule has 0 saturated carbocycles. The van der Waals surface area contributed by atoms with Crippen LogP contribution < -0.4 is 0 Å². The average molecular weight is 291 g/mol. The van der Waals surface area contributed by atoms with Crippen molar-refractivity contribution in [3.05, 3.63) is 29.3 Å². The number of ketones is 1. The van der Waals surface area contributed by atoms with Crippen molar-refractivity contribution >= 4 is 40.7 Å². The van der Waals surface area contributed by atoms with E-state index in [2.05, 4.69) is 0 Å². The topological polar surface area (TPSA) is 17.1 Å². The van der Waals surface area contributed by atoms with Gasteiger partial charge in [-0.1, -0.05) is 25.4 Å². The summed E-state index contributed by atoms with van der Waals surface area (Å²) in [6.45, 7) is 3.89. The molecule has 0 aliphatic heterocycles. The van der Waals surface area contributed by atoms with Gasteiger partial charge in [-0.3, -0.25) is 4.79 Å². The summed E-state index contributed by atoms with van der Waals surface area (Å²) in [5.74, 6) is 1.23. The van der Waals surface area contributed by atoms with Gasteiger partial charge in [0.05, 0.1) is 5.75 Å². The molecule has 0 radical (unpaired) electrons. The van der Waals surface area contributed by atoms with Crippen molar-refractivity contribution in [2.75, 3.05) is 11.6 Å². The van der Waals surface area contributed by atoms with Crippen LogP contribution in [0.3, 0.4) is 0 Å². The molecule has 0 unspecified atom stereocenters. The van der Waals surface area contributed by atoms with E-state index in [1.807, 2.05) is 38.1 Å². The number of rotatable bonds is 6. The summed E-state index contributed by atoms with van der Waals surface area (Å²) in [6.07, 6.45) is 0.717. The highest BCUT2D eigenvalue weighted by Crippen LogP contribution is 2.27. The number of halogens is 2. The molecule has 94 valence electrons. The Balaban J connectivity index is 2.50. The molecule has 0 N–H and O–H groups in total. The van der Waals surface area contributed by atoms with E-state index in [1.165, 1.54) is 11.8 Å². The van der Waals surface area contributed by atoms with E-state index in [1.54, 1.807) is 0 Å². The van der Waals surface area contributed by atoms with Crippen LogP contribution in [0.4, 0.5) is 0 Å². The van der Waals surface area contributed by atoms with E-state index < -0.39 is 0 Å². The number of thioether (sulfide) groups is 1. The smallest absolute Gasteiger partial charge is 0.148 e. The van der Waals surface area contributed by atoms with Gasteiger partial charge in [0.25, 0.3) is 0 Å². The number of carbonyl (C=O) groups excluding carboxylic acids is 1. The number of hydrogen-bond donors (Lipinski definition) is 0. The van der Waals surface area contributed by atoms with E-state index in [0.717, 1.165) is 4.90 Å². The Hall–Kier alpha value is -0.180. The zero-order valence-electron chi connectivity index (χ0n) is 10.0. The first-order valence-electron chi connectivity index (χ1n) is 5.43. The molecule has 1 aromatic rings. The Kier molecular flexibility index (Phi) is 5.84. The standard InChI is InChI=1S/C13H16Cl2OS/c1-13(2,7-8-14)12(16)9-17-11-5-3-10(15)4-6-11/h3-6H,7-9H2,1-2H3. The summed E-state index contributed by atoms with van der Waals surface area (Å²) in [5, 5.41) is 0.711. The maximum atomic E-state index is 12.0. The largest absolute Gasteiger partial charge is 0.298 e. The van der Waals surface area contributed by atoms with E-state index in [9.17, 15) is 4.79 Å². The van der Waals surface area contributed by atoms with Crippen molar-refractivity contribution in [3.8, 4) is 0 Å². The second kappa shape index (κ2) is 6.67. The van der Waals surface area contributed by atoms with Gasteiger partial charge < -0.3 is 0 Å². The highest BCUT2D eigenvalue weighted by atomic mass is 35.5. The highest BCUT2D eigenvalue weighted by molar-refractivity contribution is 8.00. The minimum Gasteiger partial charge on any atom is -0.298 e.